The molecule has 9 heteroatoms. The Kier molecular flexibility index (Phi) is 5.44. The molecular formula is C24H30F6OS2. The summed E-state index contributed by atoms with van der Waals surface area (Å²) in [6.45, 7) is 13.0. The van der Waals surface area contributed by atoms with Crippen LogP contribution in [0, 0.1) is 23.2 Å². The largest absolute Gasteiger partial charge is 0.487 e. The maximum Gasteiger partial charge on any atom is 0.373 e. The molecule has 4 rings (SSSR count). The highest BCUT2D eigenvalue weighted by Gasteiger charge is 2.86. The number of thiophene rings is 1. The van der Waals surface area contributed by atoms with E-state index < -0.39 is 40.9 Å². The molecule has 2 saturated carbocycles. The highest BCUT2D eigenvalue weighted by atomic mass is 32.2. The normalized spacial score (nSPS) is 34.5. The molecule has 1 aromatic rings. The Bertz CT molecular complexity index is 998. The van der Waals surface area contributed by atoms with Crippen LogP contribution in [0.1, 0.15) is 64.8 Å². The first-order valence-electron chi connectivity index (χ1n) is 11.0. The Balaban J connectivity index is 1.93. The zero-order valence-corrected chi connectivity index (χ0v) is 21.6. The molecule has 1 aromatic heterocycles. The quantitative estimate of drug-likeness (QED) is 0.376. The Morgan fingerprint density at radius 2 is 1.45 bits per heavy atom. The van der Waals surface area contributed by atoms with Gasteiger partial charge in [-0.1, -0.05) is 41.5 Å². The zero-order chi connectivity index (χ0) is 25.1. The molecule has 1 nitrogen and oxygen atoms in total. The molecule has 0 radical (unpaired) electrons. The number of alkyl halides is 6. The van der Waals surface area contributed by atoms with E-state index in [1.54, 1.807) is 6.92 Å². The lowest BCUT2D eigenvalue weighted by Crippen LogP contribution is -2.48. The van der Waals surface area contributed by atoms with Crippen molar-refractivity contribution in [3.05, 3.63) is 27.0 Å². The first-order valence-corrected chi connectivity index (χ1v) is 12.7. The Morgan fingerprint density at radius 3 is 1.94 bits per heavy atom. The molecule has 2 aliphatic carbocycles. The maximum absolute atomic E-state index is 15.4. The number of methoxy groups -OCH3 is 1. The van der Waals surface area contributed by atoms with Crippen molar-refractivity contribution in [2.45, 2.75) is 82.8 Å². The summed E-state index contributed by atoms with van der Waals surface area (Å²) >= 11 is 2.42. The van der Waals surface area contributed by atoms with Crippen LogP contribution >= 0.6 is 23.1 Å². The predicted octanol–water partition coefficient (Wildman–Crippen LogP) is 8.36. The Labute approximate surface area is 199 Å². The van der Waals surface area contributed by atoms with Gasteiger partial charge in [-0.15, -0.1) is 23.1 Å². The van der Waals surface area contributed by atoms with Gasteiger partial charge in [0.25, 0.3) is 0 Å². The van der Waals surface area contributed by atoms with Crippen molar-refractivity contribution in [1.29, 1.82) is 0 Å². The number of halogens is 6. The lowest BCUT2D eigenvalue weighted by Gasteiger charge is -2.30. The summed E-state index contributed by atoms with van der Waals surface area (Å²) in [5.41, 5.74) is -0.896. The molecule has 0 bridgehead atoms. The van der Waals surface area contributed by atoms with Crippen LogP contribution in [0.15, 0.2) is 16.5 Å². The monoisotopic (exact) mass is 512 g/mol. The number of thioether (sulfide) groups is 1. The standard InChI is InChI=1S/C24H30F6OS2/c1-10-13(14-17(18(14)32-10)21(5,6)7)16-15(22(25,26)24(29,30)23(16,27)28)11-9-12(20(2,3)4)33-19(11)31-8/h9,14-18H,1-8H3. The predicted molar refractivity (Wildman–Crippen MR) is 121 cm³/mol. The van der Waals surface area contributed by atoms with E-state index in [1.165, 1.54) is 24.9 Å². The molecule has 33 heavy (non-hydrogen) atoms. The number of allylic oxidation sites excluding steroid dienone is 2. The minimum absolute atomic E-state index is 0.00767. The van der Waals surface area contributed by atoms with E-state index in [0.717, 1.165) is 11.3 Å². The van der Waals surface area contributed by atoms with Gasteiger partial charge in [0.2, 0.25) is 0 Å². The summed E-state index contributed by atoms with van der Waals surface area (Å²) in [5, 5.41) is -0.0412. The number of rotatable bonds is 3. The average Bonchev–Trinajstić information content (AvgIpc) is 2.98. The third kappa shape index (κ3) is 3.34. The molecule has 2 heterocycles. The van der Waals surface area contributed by atoms with Gasteiger partial charge in [-0.2, -0.15) is 26.3 Å². The lowest BCUT2D eigenvalue weighted by molar-refractivity contribution is -0.277. The fourth-order valence-corrected chi connectivity index (χ4v) is 8.66. The fourth-order valence-electron chi connectivity index (χ4n) is 5.68. The number of hydrogen-bond acceptors (Lipinski definition) is 3. The minimum atomic E-state index is -5.48. The van der Waals surface area contributed by atoms with Crippen LogP contribution < -0.4 is 4.74 Å². The van der Waals surface area contributed by atoms with E-state index in [-0.39, 0.29) is 32.8 Å². The minimum Gasteiger partial charge on any atom is -0.487 e. The van der Waals surface area contributed by atoms with Crippen LogP contribution in [0.3, 0.4) is 0 Å². The van der Waals surface area contributed by atoms with Gasteiger partial charge >= 0.3 is 17.8 Å². The molecule has 0 amide bonds. The van der Waals surface area contributed by atoms with Crippen molar-refractivity contribution in [2.24, 2.45) is 23.2 Å². The highest BCUT2D eigenvalue weighted by Crippen LogP contribution is 2.75. The highest BCUT2D eigenvalue weighted by molar-refractivity contribution is 8.04. The summed E-state index contributed by atoms with van der Waals surface area (Å²) < 4.78 is 96.6. The Hall–Kier alpha value is -0.830. The van der Waals surface area contributed by atoms with Crippen molar-refractivity contribution in [3.63, 3.8) is 0 Å². The van der Waals surface area contributed by atoms with Gasteiger partial charge in [-0.05, 0) is 46.1 Å². The van der Waals surface area contributed by atoms with E-state index in [1.807, 2.05) is 41.5 Å². The van der Waals surface area contributed by atoms with E-state index >= 15 is 17.6 Å². The van der Waals surface area contributed by atoms with E-state index in [2.05, 4.69) is 0 Å². The third-order valence-corrected chi connectivity index (χ3v) is 10.3. The second kappa shape index (κ2) is 7.11. The van der Waals surface area contributed by atoms with E-state index in [0.29, 0.717) is 9.78 Å². The van der Waals surface area contributed by atoms with Gasteiger partial charge in [0, 0.05) is 15.7 Å². The molecule has 0 saturated heterocycles. The molecule has 5 atom stereocenters. The van der Waals surface area contributed by atoms with Gasteiger partial charge in [0.15, 0.2) is 5.06 Å². The van der Waals surface area contributed by atoms with Gasteiger partial charge in [0.05, 0.1) is 18.9 Å². The van der Waals surface area contributed by atoms with Crippen molar-refractivity contribution in [3.8, 4) is 5.06 Å². The van der Waals surface area contributed by atoms with Crippen LogP contribution in [-0.4, -0.2) is 30.1 Å². The van der Waals surface area contributed by atoms with Gasteiger partial charge in [-0.25, -0.2) is 0 Å². The summed E-state index contributed by atoms with van der Waals surface area (Å²) in [6.07, 6.45) is 0. The van der Waals surface area contributed by atoms with Gasteiger partial charge in [-0.3, -0.25) is 0 Å². The van der Waals surface area contributed by atoms with Gasteiger partial charge in [0.1, 0.15) is 0 Å². The molecule has 5 unspecified atom stereocenters. The summed E-state index contributed by atoms with van der Waals surface area (Å²) in [4.78, 5) is 1.09. The van der Waals surface area contributed by atoms with E-state index in [4.69, 9.17) is 4.74 Å². The molecule has 186 valence electrons. The van der Waals surface area contributed by atoms with Crippen molar-refractivity contribution in [1.82, 2.24) is 0 Å². The second-order valence-electron chi connectivity index (χ2n) is 11.6. The number of ether oxygens (including phenoxy) is 1. The maximum atomic E-state index is 15.4. The van der Waals surface area contributed by atoms with Crippen molar-refractivity contribution >= 4 is 23.1 Å². The summed E-state index contributed by atoms with van der Waals surface area (Å²) in [7, 11) is 1.25. The average molecular weight is 513 g/mol. The van der Waals surface area contributed by atoms with Crippen LogP contribution in [0.5, 0.6) is 5.06 Å². The molecule has 0 spiro atoms. The molecular weight excluding hydrogens is 482 g/mol. The first kappa shape index (κ1) is 25.3. The van der Waals surface area contributed by atoms with Crippen LogP contribution in [0.25, 0.3) is 0 Å². The fraction of sp³-hybridized carbons (Fsp3) is 0.750. The number of hydrogen-bond donors (Lipinski definition) is 0. The first-order chi connectivity index (χ1) is 14.8. The smallest absolute Gasteiger partial charge is 0.373 e. The number of fused-ring (bicyclic) bond motifs is 1. The zero-order valence-electron chi connectivity index (χ0n) is 20.0. The molecule has 2 fully saturated rings. The molecule has 0 N–H and O–H groups in total. The van der Waals surface area contributed by atoms with E-state index in [9.17, 15) is 8.78 Å². The summed E-state index contributed by atoms with van der Waals surface area (Å²) in [6, 6.07) is 1.37. The van der Waals surface area contributed by atoms with Crippen LogP contribution in [-0.2, 0) is 5.41 Å². The molecule has 3 aliphatic rings. The third-order valence-electron chi connectivity index (χ3n) is 7.30. The van der Waals surface area contributed by atoms with Crippen LogP contribution in [0.2, 0.25) is 0 Å². The lowest BCUT2D eigenvalue weighted by atomic mass is 9.77. The van der Waals surface area contributed by atoms with Crippen molar-refractivity contribution in [2.75, 3.05) is 7.11 Å². The van der Waals surface area contributed by atoms with Crippen molar-refractivity contribution < 1.29 is 31.1 Å². The summed E-state index contributed by atoms with van der Waals surface area (Å²) in [5.74, 6) is -20.4. The Morgan fingerprint density at radius 1 is 0.909 bits per heavy atom. The SMILES string of the molecule is COc1sc(C(C)(C)C)cc1C1C(C2=C(C)SC3C2C3C(C)(C)C)C(F)(F)C(F)(F)C1(F)F. The topological polar surface area (TPSA) is 9.23 Å². The second-order valence-corrected chi connectivity index (χ2v) is 14.0. The van der Waals surface area contributed by atoms with Crippen LogP contribution in [0.4, 0.5) is 26.3 Å². The van der Waals surface area contributed by atoms with Gasteiger partial charge < -0.3 is 4.74 Å². The molecule has 0 aromatic carbocycles. The molecule has 1 aliphatic heterocycles.